The molecule has 0 amide bonds. The van der Waals surface area contributed by atoms with E-state index >= 15 is 0 Å². The Morgan fingerprint density at radius 3 is 2.73 bits per heavy atom. The van der Waals surface area contributed by atoms with E-state index in [1.807, 2.05) is 42.5 Å². The number of halogens is 1. The minimum atomic E-state index is -0.254. The molecule has 0 bridgehead atoms. The van der Waals surface area contributed by atoms with Crippen LogP contribution in [0.25, 0.3) is 11.3 Å². The molecule has 0 saturated carbocycles. The molecule has 166 valence electrons. The molecule has 0 saturated heterocycles. The summed E-state index contributed by atoms with van der Waals surface area (Å²) in [6.07, 6.45) is 10.3. The lowest BCUT2D eigenvalue weighted by Crippen LogP contribution is -2.21. The normalized spacial score (nSPS) is 13.2. The number of nitrogens with one attached hydrogen (secondary N) is 2. The van der Waals surface area contributed by atoms with Crippen LogP contribution in [0.4, 0.5) is 11.5 Å². The second-order valence-electron chi connectivity index (χ2n) is 7.89. The van der Waals surface area contributed by atoms with E-state index in [9.17, 15) is 4.79 Å². The lowest BCUT2D eigenvalue weighted by atomic mass is 10.1. The molecular formula is C24H22ClN7O. The zero-order valence-electron chi connectivity index (χ0n) is 17.8. The van der Waals surface area contributed by atoms with Gasteiger partial charge in [-0.25, -0.2) is 4.98 Å². The number of tetrazole rings is 1. The predicted molar refractivity (Wildman–Crippen MR) is 128 cm³/mol. The van der Waals surface area contributed by atoms with Gasteiger partial charge in [0, 0.05) is 24.5 Å². The van der Waals surface area contributed by atoms with Crippen molar-refractivity contribution in [1.82, 2.24) is 30.2 Å². The first-order valence-corrected chi connectivity index (χ1v) is 11.2. The Morgan fingerprint density at radius 2 is 2.00 bits per heavy atom. The van der Waals surface area contributed by atoms with E-state index in [1.54, 1.807) is 17.0 Å². The summed E-state index contributed by atoms with van der Waals surface area (Å²) in [5.41, 5.74) is 4.72. The largest absolute Gasteiger partial charge is 0.334 e. The molecule has 4 aromatic rings. The summed E-state index contributed by atoms with van der Waals surface area (Å²) >= 11 is 6.51. The van der Waals surface area contributed by atoms with Gasteiger partial charge in [0.2, 0.25) is 0 Å². The number of H-pyrrole nitrogens is 1. The molecule has 1 aliphatic carbocycles. The maximum atomic E-state index is 13.1. The summed E-state index contributed by atoms with van der Waals surface area (Å²) < 4.78 is 1.56. The molecule has 33 heavy (non-hydrogen) atoms. The number of aromatic amines is 1. The van der Waals surface area contributed by atoms with Crippen molar-refractivity contribution in [3.05, 3.63) is 93.3 Å². The summed E-state index contributed by atoms with van der Waals surface area (Å²) in [6.45, 7) is 0. The molecule has 2 heterocycles. The number of rotatable bonds is 7. The maximum absolute atomic E-state index is 13.1. The van der Waals surface area contributed by atoms with E-state index in [1.165, 1.54) is 12.0 Å². The molecular weight excluding hydrogens is 438 g/mol. The molecule has 2 aromatic heterocycles. The molecule has 9 heteroatoms. The molecule has 0 unspecified atom stereocenters. The van der Waals surface area contributed by atoms with Crippen LogP contribution in [-0.2, 0) is 12.8 Å². The van der Waals surface area contributed by atoms with Crippen LogP contribution in [0.2, 0.25) is 5.02 Å². The fraction of sp³-hybridized carbons (Fsp3) is 0.208. The third kappa shape index (κ3) is 4.70. The standard InChI is InChI=1S/C24H22ClN7O/c25-20-15-18(17-3-1-2-4-17)8-11-21(20)27-23-24(33)32(14-13-26-23)19-9-5-16(6-10-19)7-12-22-28-30-31-29-22/h3,5-6,8-11,13-15H,1-2,4,7,12H2,(H,26,27)(H,28,29,30,31). The highest BCUT2D eigenvalue weighted by molar-refractivity contribution is 6.33. The molecule has 5 rings (SSSR count). The number of benzene rings is 2. The van der Waals surface area contributed by atoms with Gasteiger partial charge < -0.3 is 5.32 Å². The van der Waals surface area contributed by atoms with Gasteiger partial charge in [-0.3, -0.25) is 9.36 Å². The molecule has 2 aromatic carbocycles. The van der Waals surface area contributed by atoms with Crippen molar-refractivity contribution < 1.29 is 0 Å². The molecule has 0 spiro atoms. The van der Waals surface area contributed by atoms with Gasteiger partial charge in [0.15, 0.2) is 11.6 Å². The fourth-order valence-corrected chi connectivity index (χ4v) is 4.17. The number of anilines is 2. The van der Waals surface area contributed by atoms with Crippen LogP contribution < -0.4 is 10.9 Å². The first-order chi connectivity index (χ1) is 16.2. The van der Waals surface area contributed by atoms with Gasteiger partial charge in [-0.2, -0.15) is 5.21 Å². The third-order valence-electron chi connectivity index (χ3n) is 5.72. The first-order valence-electron chi connectivity index (χ1n) is 10.8. The summed E-state index contributed by atoms with van der Waals surface area (Å²) in [6, 6.07) is 13.7. The minimum absolute atomic E-state index is 0.216. The SMILES string of the molecule is O=c1c(Nc2ccc(C3=CCCC3)cc2Cl)nccn1-c1ccc(CCc2nn[nH]n2)cc1. The Balaban J connectivity index is 1.33. The Bertz CT molecular complexity index is 1340. The number of allylic oxidation sites excluding steroid dienone is 2. The van der Waals surface area contributed by atoms with Crippen molar-refractivity contribution in [2.24, 2.45) is 0 Å². The Kier molecular flexibility index (Phi) is 5.99. The van der Waals surface area contributed by atoms with Crippen molar-refractivity contribution in [1.29, 1.82) is 0 Å². The van der Waals surface area contributed by atoms with Gasteiger partial charge in [-0.05, 0) is 66.6 Å². The lowest BCUT2D eigenvalue weighted by molar-refractivity contribution is 0.863. The Hall–Kier alpha value is -3.78. The van der Waals surface area contributed by atoms with E-state index in [2.05, 4.69) is 37.0 Å². The number of nitrogens with zero attached hydrogens (tertiary/aromatic N) is 5. The van der Waals surface area contributed by atoms with Gasteiger partial charge in [-0.1, -0.05) is 41.1 Å². The van der Waals surface area contributed by atoms with Crippen molar-refractivity contribution >= 4 is 28.7 Å². The van der Waals surface area contributed by atoms with E-state index in [0.717, 1.165) is 36.1 Å². The summed E-state index contributed by atoms with van der Waals surface area (Å²) in [7, 11) is 0. The second kappa shape index (κ2) is 9.38. The average molecular weight is 460 g/mol. The molecule has 8 nitrogen and oxygen atoms in total. The molecule has 0 fully saturated rings. The number of aryl methyl sites for hydroxylation is 2. The van der Waals surface area contributed by atoms with Gasteiger partial charge in [0.25, 0.3) is 5.56 Å². The van der Waals surface area contributed by atoms with E-state index in [0.29, 0.717) is 23.0 Å². The van der Waals surface area contributed by atoms with Crippen LogP contribution in [0, 0.1) is 0 Å². The zero-order chi connectivity index (χ0) is 22.6. The first kappa shape index (κ1) is 21.1. The van der Waals surface area contributed by atoms with Crippen LogP contribution >= 0.6 is 11.6 Å². The van der Waals surface area contributed by atoms with Gasteiger partial charge in [0.1, 0.15) is 0 Å². The molecule has 0 aliphatic heterocycles. The summed E-state index contributed by atoms with van der Waals surface area (Å²) in [5, 5.41) is 17.6. The Morgan fingerprint density at radius 1 is 1.12 bits per heavy atom. The summed E-state index contributed by atoms with van der Waals surface area (Å²) in [4.78, 5) is 17.3. The van der Waals surface area contributed by atoms with Crippen molar-refractivity contribution in [3.63, 3.8) is 0 Å². The number of aromatic nitrogens is 6. The monoisotopic (exact) mass is 459 g/mol. The van der Waals surface area contributed by atoms with Crippen LogP contribution in [0.5, 0.6) is 0 Å². The van der Waals surface area contributed by atoms with Crippen molar-refractivity contribution in [2.75, 3.05) is 5.32 Å². The number of hydrogen-bond acceptors (Lipinski definition) is 6. The highest BCUT2D eigenvalue weighted by Gasteiger charge is 2.12. The van der Waals surface area contributed by atoms with Crippen molar-refractivity contribution in [2.45, 2.75) is 32.1 Å². The lowest BCUT2D eigenvalue weighted by Gasteiger charge is -2.12. The number of hydrogen-bond donors (Lipinski definition) is 2. The zero-order valence-corrected chi connectivity index (χ0v) is 18.6. The molecule has 0 radical (unpaired) electrons. The van der Waals surface area contributed by atoms with E-state index in [-0.39, 0.29) is 11.4 Å². The van der Waals surface area contributed by atoms with E-state index in [4.69, 9.17) is 11.6 Å². The van der Waals surface area contributed by atoms with Gasteiger partial charge >= 0.3 is 0 Å². The Labute approximate surface area is 195 Å². The van der Waals surface area contributed by atoms with Crippen molar-refractivity contribution in [3.8, 4) is 5.69 Å². The molecule has 1 aliphatic rings. The predicted octanol–water partition coefficient (Wildman–Crippen LogP) is 4.50. The third-order valence-corrected chi connectivity index (χ3v) is 6.03. The highest BCUT2D eigenvalue weighted by Crippen LogP contribution is 2.32. The maximum Gasteiger partial charge on any atom is 0.298 e. The van der Waals surface area contributed by atoms with Crippen LogP contribution in [0.3, 0.4) is 0 Å². The van der Waals surface area contributed by atoms with Crippen LogP contribution in [0.1, 0.15) is 36.2 Å². The van der Waals surface area contributed by atoms with Gasteiger partial charge in [-0.15, -0.1) is 10.2 Å². The molecule has 2 N–H and O–H groups in total. The summed E-state index contributed by atoms with van der Waals surface area (Å²) in [5.74, 6) is 0.889. The van der Waals surface area contributed by atoms with Gasteiger partial charge in [0.05, 0.1) is 10.7 Å². The van der Waals surface area contributed by atoms with E-state index < -0.39 is 0 Å². The van der Waals surface area contributed by atoms with Crippen LogP contribution in [0.15, 0.2) is 65.7 Å². The topological polar surface area (TPSA) is 101 Å². The minimum Gasteiger partial charge on any atom is -0.334 e. The average Bonchev–Trinajstić information content (AvgIpc) is 3.55. The smallest absolute Gasteiger partial charge is 0.298 e. The quantitative estimate of drug-likeness (QED) is 0.422. The highest BCUT2D eigenvalue weighted by atomic mass is 35.5. The van der Waals surface area contributed by atoms with Crippen LogP contribution in [-0.4, -0.2) is 30.2 Å². The second-order valence-corrected chi connectivity index (χ2v) is 8.29. The molecule has 0 atom stereocenters. The fourth-order valence-electron chi connectivity index (χ4n) is 3.95.